The molecule has 1 fully saturated rings. The van der Waals surface area contributed by atoms with Crippen molar-refractivity contribution in [3.63, 3.8) is 0 Å². The summed E-state index contributed by atoms with van der Waals surface area (Å²) < 4.78 is 31.0. The van der Waals surface area contributed by atoms with Gasteiger partial charge in [-0.3, -0.25) is 4.90 Å². The Morgan fingerprint density at radius 3 is 2.42 bits per heavy atom. The molecule has 2 rings (SSSR count). The highest BCUT2D eigenvalue weighted by Crippen LogP contribution is 2.19. The van der Waals surface area contributed by atoms with Crippen LogP contribution < -0.4 is 15.4 Å². The minimum Gasteiger partial charge on any atom is -0.486 e. The summed E-state index contributed by atoms with van der Waals surface area (Å²) in [6, 6.07) is 3.40. The maximum Gasteiger partial charge on any atom is 0.293 e. The second-order valence-corrected chi connectivity index (χ2v) is 5.25. The number of anilines is 1. The lowest BCUT2D eigenvalue weighted by atomic mass is 10.3. The number of nitrogens with zero attached hydrogens (tertiary/aromatic N) is 3. The number of aliphatic hydroxyl groups excluding tert-OH is 1. The zero-order chi connectivity index (χ0) is 18.0. The number of nitrogens with two attached hydrogens (primary N) is 1. The third-order valence-corrected chi connectivity index (χ3v) is 3.58. The Labute approximate surface area is 142 Å². The van der Waals surface area contributed by atoms with Crippen LogP contribution in [0.25, 0.3) is 0 Å². The van der Waals surface area contributed by atoms with Gasteiger partial charge in [-0.25, -0.2) is 13.8 Å². The van der Waals surface area contributed by atoms with Gasteiger partial charge in [0.05, 0.1) is 19.3 Å². The largest absolute Gasteiger partial charge is 0.486 e. The van der Waals surface area contributed by atoms with Crippen molar-refractivity contribution in [3.05, 3.63) is 18.3 Å². The van der Waals surface area contributed by atoms with Crippen molar-refractivity contribution in [2.24, 2.45) is 5.73 Å². The lowest BCUT2D eigenvalue weighted by Gasteiger charge is -2.35. The van der Waals surface area contributed by atoms with E-state index in [0.29, 0.717) is 12.3 Å². The fourth-order valence-electron chi connectivity index (χ4n) is 2.23. The Bertz CT molecular complexity index is 452. The maximum atomic E-state index is 13.0. The molecule has 24 heavy (non-hydrogen) atoms. The van der Waals surface area contributed by atoms with Gasteiger partial charge < -0.3 is 20.5 Å². The van der Waals surface area contributed by atoms with Gasteiger partial charge in [0.15, 0.2) is 6.61 Å². The van der Waals surface area contributed by atoms with Gasteiger partial charge in [-0.05, 0) is 12.1 Å². The monoisotopic (exact) mass is 346 g/mol. The molecule has 6 nitrogen and oxygen atoms in total. The van der Waals surface area contributed by atoms with Gasteiger partial charge in [-0.1, -0.05) is 13.8 Å². The van der Waals surface area contributed by atoms with Crippen molar-refractivity contribution in [2.45, 2.75) is 19.8 Å². The van der Waals surface area contributed by atoms with Gasteiger partial charge in [0.2, 0.25) is 0 Å². The zero-order valence-electron chi connectivity index (χ0n) is 14.4. The van der Waals surface area contributed by atoms with Gasteiger partial charge in [0, 0.05) is 32.7 Å². The van der Waals surface area contributed by atoms with Gasteiger partial charge >= 0.3 is 0 Å². The van der Waals surface area contributed by atoms with Crippen LogP contribution in [0.5, 0.6) is 5.75 Å². The van der Waals surface area contributed by atoms with Gasteiger partial charge in [0.25, 0.3) is 5.92 Å². The fraction of sp³-hybridized carbons (Fsp3) is 0.688. The van der Waals surface area contributed by atoms with Gasteiger partial charge in [-0.2, -0.15) is 0 Å². The van der Waals surface area contributed by atoms with Crippen LogP contribution in [0.1, 0.15) is 13.8 Å². The minimum absolute atomic E-state index is 0.164. The average Bonchev–Trinajstić information content (AvgIpc) is 2.63. The van der Waals surface area contributed by atoms with Crippen LogP contribution in [-0.2, 0) is 0 Å². The second kappa shape index (κ2) is 10.4. The van der Waals surface area contributed by atoms with Gasteiger partial charge in [-0.15, -0.1) is 0 Å². The molecule has 1 saturated heterocycles. The molecule has 0 bridgehead atoms. The maximum absolute atomic E-state index is 13.0. The number of aromatic nitrogens is 1. The number of halogens is 2. The van der Waals surface area contributed by atoms with Crippen LogP contribution in [-0.4, -0.2) is 73.4 Å². The lowest BCUT2D eigenvalue weighted by molar-refractivity contribution is -0.0320. The summed E-state index contributed by atoms with van der Waals surface area (Å²) in [5, 5.41) is 8.91. The summed E-state index contributed by atoms with van der Waals surface area (Å²) in [7, 11) is 0. The number of ether oxygens (including phenoxy) is 1. The molecule has 2 heterocycles. The number of alkyl halides is 2. The molecule has 0 radical (unpaired) electrons. The quantitative estimate of drug-likeness (QED) is 0.773. The number of aliphatic hydroxyl groups is 1. The highest BCUT2D eigenvalue weighted by molar-refractivity contribution is 5.41. The SMILES string of the molecule is CC.NCC(F)(F)COc1ccc(N2CCN(CCO)CC2)nc1. The second-order valence-electron chi connectivity index (χ2n) is 5.25. The van der Waals surface area contributed by atoms with E-state index < -0.39 is 19.1 Å². The zero-order valence-corrected chi connectivity index (χ0v) is 14.4. The summed E-state index contributed by atoms with van der Waals surface area (Å²) in [5.74, 6) is -1.93. The van der Waals surface area contributed by atoms with Gasteiger partial charge in [0.1, 0.15) is 11.6 Å². The summed E-state index contributed by atoms with van der Waals surface area (Å²) in [6.45, 7) is 6.73. The molecule has 1 aromatic heterocycles. The average molecular weight is 346 g/mol. The molecule has 1 aromatic rings. The van der Waals surface area contributed by atoms with E-state index in [1.165, 1.54) is 6.20 Å². The molecule has 0 aromatic carbocycles. The number of pyridine rings is 1. The summed E-state index contributed by atoms with van der Waals surface area (Å²) >= 11 is 0. The predicted molar refractivity (Wildman–Crippen MR) is 90.8 cm³/mol. The molecule has 1 aliphatic rings. The van der Waals surface area contributed by atoms with Crippen molar-refractivity contribution in [1.82, 2.24) is 9.88 Å². The lowest BCUT2D eigenvalue weighted by Crippen LogP contribution is -2.47. The predicted octanol–water partition coefficient (Wildman–Crippen LogP) is 1.19. The molecule has 0 spiro atoms. The van der Waals surface area contributed by atoms with Crippen LogP contribution in [0.4, 0.5) is 14.6 Å². The minimum atomic E-state index is -3.03. The topological polar surface area (TPSA) is 74.9 Å². The molecule has 0 atom stereocenters. The summed E-state index contributed by atoms with van der Waals surface area (Å²) in [5.41, 5.74) is 4.95. The third kappa shape index (κ3) is 6.54. The smallest absolute Gasteiger partial charge is 0.293 e. The number of hydrogen-bond acceptors (Lipinski definition) is 6. The van der Waals surface area contributed by atoms with Crippen molar-refractivity contribution in [2.75, 3.05) is 57.4 Å². The fourth-order valence-corrected chi connectivity index (χ4v) is 2.23. The Hall–Kier alpha value is -1.51. The highest BCUT2D eigenvalue weighted by Gasteiger charge is 2.27. The van der Waals surface area contributed by atoms with E-state index in [0.717, 1.165) is 32.0 Å². The highest BCUT2D eigenvalue weighted by atomic mass is 19.3. The molecule has 138 valence electrons. The normalized spacial score (nSPS) is 15.7. The Morgan fingerprint density at radius 1 is 1.25 bits per heavy atom. The van der Waals surface area contributed by atoms with Crippen LogP contribution in [0.2, 0.25) is 0 Å². The van der Waals surface area contributed by atoms with Crippen LogP contribution in [0, 0.1) is 0 Å². The van der Waals surface area contributed by atoms with E-state index in [2.05, 4.69) is 14.8 Å². The molecular formula is C16H28F2N4O2. The first-order valence-electron chi connectivity index (χ1n) is 8.29. The Balaban J connectivity index is 0.00000139. The van der Waals surface area contributed by atoms with Crippen LogP contribution >= 0.6 is 0 Å². The first kappa shape index (κ1) is 20.5. The van der Waals surface area contributed by atoms with E-state index in [4.69, 9.17) is 15.6 Å². The molecule has 3 N–H and O–H groups in total. The first-order valence-corrected chi connectivity index (χ1v) is 8.29. The standard InChI is InChI=1S/C14H22F2N4O2.C2H6/c15-14(16,10-17)11-22-12-1-2-13(18-9-12)20-5-3-19(4-6-20)7-8-21;1-2/h1-2,9,21H,3-8,10-11,17H2;1-2H3. The molecule has 0 aliphatic carbocycles. The summed E-state index contributed by atoms with van der Waals surface area (Å²) in [4.78, 5) is 8.56. The van der Waals surface area contributed by atoms with E-state index >= 15 is 0 Å². The van der Waals surface area contributed by atoms with Crippen LogP contribution in [0.15, 0.2) is 18.3 Å². The molecule has 1 aliphatic heterocycles. The first-order chi connectivity index (χ1) is 11.5. The number of hydrogen-bond donors (Lipinski definition) is 2. The van der Waals surface area contributed by atoms with Crippen LogP contribution in [0.3, 0.4) is 0 Å². The number of rotatable bonds is 7. The Kier molecular flexibility index (Phi) is 8.88. The van der Waals surface area contributed by atoms with Crippen molar-refractivity contribution in [3.8, 4) is 5.75 Å². The Morgan fingerprint density at radius 2 is 1.92 bits per heavy atom. The molecule has 0 saturated carbocycles. The molecule has 8 heteroatoms. The molecule has 0 unspecified atom stereocenters. The van der Waals surface area contributed by atoms with Crippen molar-refractivity contribution < 1.29 is 18.6 Å². The molecular weight excluding hydrogens is 318 g/mol. The van der Waals surface area contributed by atoms with E-state index in [1.807, 2.05) is 13.8 Å². The number of β-amino-alcohol motifs (C(OH)–C–C–N with tert-alkyl or cyclic N) is 1. The van der Waals surface area contributed by atoms with Crippen molar-refractivity contribution >= 4 is 5.82 Å². The summed E-state index contributed by atoms with van der Waals surface area (Å²) in [6.07, 6.45) is 1.45. The third-order valence-electron chi connectivity index (χ3n) is 3.58. The molecule has 0 amide bonds. The number of piperazine rings is 1. The van der Waals surface area contributed by atoms with E-state index in [9.17, 15) is 8.78 Å². The van der Waals surface area contributed by atoms with E-state index in [1.54, 1.807) is 12.1 Å². The van der Waals surface area contributed by atoms with Crippen molar-refractivity contribution in [1.29, 1.82) is 0 Å². The van der Waals surface area contributed by atoms with E-state index in [-0.39, 0.29) is 6.61 Å².